The summed E-state index contributed by atoms with van der Waals surface area (Å²) in [5.74, 6) is 0.431. The van der Waals surface area contributed by atoms with Crippen molar-refractivity contribution in [3.05, 3.63) is 0 Å². The fraction of sp³-hybridized carbons (Fsp3) is 0.833. The third kappa shape index (κ3) is 1.30. The van der Waals surface area contributed by atoms with E-state index in [1.807, 2.05) is 0 Å². The van der Waals surface area contributed by atoms with Gasteiger partial charge in [0.2, 0.25) is 0 Å². The monoisotopic (exact) mass is 114 g/mol. The smallest absolute Gasteiger partial charge is 0.144 e. The van der Waals surface area contributed by atoms with E-state index in [1.165, 1.54) is 0 Å². The lowest BCUT2D eigenvalue weighted by atomic mass is 10.1. The van der Waals surface area contributed by atoms with Gasteiger partial charge in [0.25, 0.3) is 0 Å². The van der Waals surface area contributed by atoms with Crippen molar-refractivity contribution >= 4 is 5.78 Å². The van der Waals surface area contributed by atoms with Crippen LogP contribution in [0, 0.1) is 0 Å². The van der Waals surface area contributed by atoms with Crippen LogP contribution in [-0.2, 0) is 4.79 Å². The van der Waals surface area contributed by atoms with Crippen LogP contribution in [0.2, 0.25) is 0 Å². The zero-order chi connectivity index (χ0) is 5.98. The molecule has 0 aromatic heterocycles. The largest absolute Gasteiger partial charge is 0.343 e. The summed E-state index contributed by atoms with van der Waals surface area (Å²) in [6.45, 7) is 3.09. The molecule has 0 unspecified atom stereocenters. The van der Waals surface area contributed by atoms with Crippen LogP contribution in [0.5, 0.6) is 0 Å². The van der Waals surface area contributed by atoms with Crippen LogP contribution in [0.3, 0.4) is 0 Å². The van der Waals surface area contributed by atoms with Crippen molar-refractivity contribution in [3.8, 4) is 0 Å². The van der Waals surface area contributed by atoms with Crippen molar-refractivity contribution in [1.29, 1.82) is 0 Å². The van der Waals surface area contributed by atoms with Crippen molar-refractivity contribution in [2.45, 2.75) is 25.8 Å². The number of piperidine rings is 1. The van der Waals surface area contributed by atoms with Crippen molar-refractivity contribution in [3.63, 3.8) is 0 Å². The molecule has 0 saturated carbocycles. The molecule has 8 heavy (non-hydrogen) atoms. The molecule has 2 N–H and O–H groups in total. The van der Waals surface area contributed by atoms with Gasteiger partial charge in [-0.1, -0.05) is 0 Å². The maximum Gasteiger partial charge on any atom is 0.144 e. The Morgan fingerprint density at radius 1 is 1.75 bits per heavy atom. The van der Waals surface area contributed by atoms with E-state index in [9.17, 15) is 4.79 Å². The molecule has 0 radical (unpaired) electrons. The number of carbonyl (C=O) groups is 1. The summed E-state index contributed by atoms with van der Waals surface area (Å²) >= 11 is 0. The number of hydrogen-bond acceptors (Lipinski definition) is 1. The Balaban J connectivity index is 2.34. The summed E-state index contributed by atoms with van der Waals surface area (Å²) in [5.41, 5.74) is 0. The van der Waals surface area contributed by atoms with Gasteiger partial charge in [-0.3, -0.25) is 4.79 Å². The molecule has 0 bridgehead atoms. The molecule has 0 aromatic rings. The quantitative estimate of drug-likeness (QED) is 0.444. The standard InChI is InChI=1S/C6H11NO/c1-5-4-6(8)2-3-7-5/h5,7H,2-4H2,1H3/p+1/t5-/m1/s1. The Kier molecular flexibility index (Phi) is 1.63. The van der Waals surface area contributed by atoms with Crippen LogP contribution in [0.1, 0.15) is 19.8 Å². The second kappa shape index (κ2) is 2.27. The Labute approximate surface area is 49.3 Å². The molecule has 46 valence electrons. The number of hydrogen-bond donors (Lipinski definition) is 1. The van der Waals surface area contributed by atoms with E-state index < -0.39 is 0 Å². The van der Waals surface area contributed by atoms with Gasteiger partial charge < -0.3 is 5.32 Å². The van der Waals surface area contributed by atoms with Crippen LogP contribution < -0.4 is 5.32 Å². The molecule has 1 saturated heterocycles. The minimum atomic E-state index is 0.431. The maximum absolute atomic E-state index is 10.7. The SMILES string of the molecule is C[C@@H]1CC(=O)CC[NH2+]1. The lowest BCUT2D eigenvalue weighted by molar-refractivity contribution is -0.688. The first-order valence-corrected chi connectivity index (χ1v) is 3.14. The molecule has 0 amide bonds. The first kappa shape index (κ1) is 5.76. The molecule has 2 heteroatoms. The molecule has 1 fully saturated rings. The molecular weight excluding hydrogens is 102 g/mol. The van der Waals surface area contributed by atoms with Gasteiger partial charge in [-0.05, 0) is 6.92 Å². The summed E-state index contributed by atoms with van der Waals surface area (Å²) in [7, 11) is 0. The van der Waals surface area contributed by atoms with E-state index in [2.05, 4.69) is 12.2 Å². The molecule has 0 aliphatic carbocycles. The predicted molar refractivity (Wildman–Crippen MR) is 30.5 cm³/mol. The number of quaternary nitrogens is 1. The molecule has 1 rings (SSSR count). The number of Topliss-reactive ketones (excluding diaryl/α,β-unsaturated/α-hetero) is 1. The van der Waals surface area contributed by atoms with Crippen LogP contribution in [0.4, 0.5) is 0 Å². The lowest BCUT2D eigenvalue weighted by Crippen LogP contribution is -2.91. The third-order valence-corrected chi connectivity index (χ3v) is 1.54. The highest BCUT2D eigenvalue weighted by atomic mass is 16.1. The highest BCUT2D eigenvalue weighted by molar-refractivity contribution is 5.79. The zero-order valence-electron chi connectivity index (χ0n) is 5.18. The van der Waals surface area contributed by atoms with Crippen LogP contribution in [0.15, 0.2) is 0 Å². The summed E-state index contributed by atoms with van der Waals surface area (Å²) < 4.78 is 0. The average Bonchev–Trinajstić information content (AvgIpc) is 1.64. The molecule has 1 aliphatic heterocycles. The van der Waals surface area contributed by atoms with E-state index in [0.29, 0.717) is 11.8 Å². The van der Waals surface area contributed by atoms with E-state index in [1.54, 1.807) is 0 Å². The van der Waals surface area contributed by atoms with E-state index in [4.69, 9.17) is 0 Å². The van der Waals surface area contributed by atoms with Gasteiger partial charge in [-0.25, -0.2) is 0 Å². The minimum Gasteiger partial charge on any atom is -0.343 e. The highest BCUT2D eigenvalue weighted by Gasteiger charge is 2.16. The average molecular weight is 114 g/mol. The van der Waals surface area contributed by atoms with Crippen molar-refractivity contribution in [2.24, 2.45) is 0 Å². The summed E-state index contributed by atoms with van der Waals surface area (Å²) in [4.78, 5) is 10.7. The number of carbonyl (C=O) groups excluding carboxylic acids is 1. The Bertz CT molecular complexity index is 101. The molecule has 0 aromatic carbocycles. The minimum absolute atomic E-state index is 0.431. The summed E-state index contributed by atoms with van der Waals surface area (Å²) in [6.07, 6.45) is 1.56. The topological polar surface area (TPSA) is 33.7 Å². The first-order chi connectivity index (χ1) is 3.79. The van der Waals surface area contributed by atoms with Gasteiger partial charge in [0, 0.05) is 0 Å². The van der Waals surface area contributed by atoms with Gasteiger partial charge >= 0.3 is 0 Å². The molecule has 2 nitrogen and oxygen atoms in total. The molecule has 0 spiro atoms. The predicted octanol–water partition coefficient (Wildman–Crippen LogP) is -0.699. The van der Waals surface area contributed by atoms with Crippen molar-refractivity contribution < 1.29 is 10.1 Å². The van der Waals surface area contributed by atoms with Crippen molar-refractivity contribution in [2.75, 3.05) is 6.54 Å². The zero-order valence-corrected chi connectivity index (χ0v) is 5.18. The summed E-state index contributed by atoms with van der Waals surface area (Å²) in [6, 6.07) is 0.538. The summed E-state index contributed by atoms with van der Waals surface area (Å²) in [5, 5.41) is 2.22. The number of ketones is 1. The van der Waals surface area contributed by atoms with Crippen molar-refractivity contribution in [1.82, 2.24) is 0 Å². The number of rotatable bonds is 0. The second-order valence-corrected chi connectivity index (χ2v) is 2.49. The third-order valence-electron chi connectivity index (χ3n) is 1.54. The van der Waals surface area contributed by atoms with Crippen LogP contribution >= 0.6 is 0 Å². The molecule has 1 aliphatic rings. The van der Waals surface area contributed by atoms with Gasteiger partial charge in [-0.15, -0.1) is 0 Å². The van der Waals surface area contributed by atoms with E-state index >= 15 is 0 Å². The fourth-order valence-electron chi connectivity index (χ4n) is 1.07. The first-order valence-electron chi connectivity index (χ1n) is 3.14. The van der Waals surface area contributed by atoms with Crippen LogP contribution in [-0.4, -0.2) is 18.4 Å². The Hall–Kier alpha value is -0.370. The molecule has 1 atom stereocenters. The van der Waals surface area contributed by atoms with Gasteiger partial charge in [0.05, 0.1) is 25.4 Å². The Morgan fingerprint density at radius 3 is 2.88 bits per heavy atom. The number of nitrogens with two attached hydrogens (primary N) is 1. The highest BCUT2D eigenvalue weighted by Crippen LogP contribution is 1.94. The van der Waals surface area contributed by atoms with Gasteiger partial charge in [0.1, 0.15) is 5.78 Å². The lowest BCUT2D eigenvalue weighted by Gasteiger charge is -2.13. The van der Waals surface area contributed by atoms with E-state index in [-0.39, 0.29) is 0 Å². The van der Waals surface area contributed by atoms with Crippen LogP contribution in [0.25, 0.3) is 0 Å². The van der Waals surface area contributed by atoms with E-state index in [0.717, 1.165) is 19.4 Å². The molecular formula is C6H12NO+. The maximum atomic E-state index is 10.7. The van der Waals surface area contributed by atoms with Gasteiger partial charge in [-0.2, -0.15) is 0 Å². The molecule has 1 heterocycles. The normalized spacial score (nSPS) is 30.6. The Morgan fingerprint density at radius 2 is 2.50 bits per heavy atom. The van der Waals surface area contributed by atoms with Gasteiger partial charge in [0.15, 0.2) is 0 Å². The fourth-order valence-corrected chi connectivity index (χ4v) is 1.07. The second-order valence-electron chi connectivity index (χ2n) is 2.49.